The molecule has 1 fully saturated rings. The summed E-state index contributed by atoms with van der Waals surface area (Å²) in [7, 11) is 1.92. The molecule has 2 aromatic rings. The van der Waals surface area contributed by atoms with Crippen LogP contribution in [0, 0.1) is 0 Å². The van der Waals surface area contributed by atoms with Crippen molar-refractivity contribution in [2.24, 2.45) is 0 Å². The molecule has 2 aliphatic rings. The minimum absolute atomic E-state index is 0.000139. The number of carbonyl (C=O) groups excluding carboxylic acids is 1. The zero-order valence-electron chi connectivity index (χ0n) is 11.5. The summed E-state index contributed by atoms with van der Waals surface area (Å²) < 4.78 is 0. The predicted molar refractivity (Wildman–Crippen MR) is 78.8 cm³/mol. The van der Waals surface area contributed by atoms with E-state index in [0.717, 1.165) is 13.0 Å². The van der Waals surface area contributed by atoms with Crippen molar-refractivity contribution in [1.82, 2.24) is 4.90 Å². The molecule has 100 valence electrons. The van der Waals surface area contributed by atoms with Gasteiger partial charge in [-0.25, -0.2) is 0 Å². The van der Waals surface area contributed by atoms with Gasteiger partial charge in [0.15, 0.2) is 0 Å². The lowest BCUT2D eigenvalue weighted by atomic mass is 9.84. The van der Waals surface area contributed by atoms with Crippen molar-refractivity contribution >= 4 is 5.91 Å². The molecule has 0 spiro atoms. The summed E-state index contributed by atoms with van der Waals surface area (Å²) in [6, 6.07) is 17.0. The number of hydrogen-bond donors (Lipinski definition) is 0. The van der Waals surface area contributed by atoms with Crippen LogP contribution in [0.25, 0.3) is 0 Å². The SMILES string of the molecule is CN1C[C@H]2c3ccccc3Cc3ccccc3[C@H]2C1=O. The lowest BCUT2D eigenvalue weighted by molar-refractivity contribution is -0.127. The van der Waals surface area contributed by atoms with Crippen molar-refractivity contribution in [2.45, 2.75) is 18.3 Å². The van der Waals surface area contributed by atoms with Gasteiger partial charge in [-0.15, -0.1) is 0 Å². The largest absolute Gasteiger partial charge is 0.345 e. The number of hydrogen-bond acceptors (Lipinski definition) is 1. The zero-order valence-corrected chi connectivity index (χ0v) is 11.5. The van der Waals surface area contributed by atoms with Gasteiger partial charge in [0.25, 0.3) is 0 Å². The molecular formula is C18H17NO. The van der Waals surface area contributed by atoms with E-state index in [1.54, 1.807) is 0 Å². The average Bonchev–Trinajstić information content (AvgIpc) is 2.68. The molecule has 0 bridgehead atoms. The third-order valence-electron chi connectivity index (χ3n) is 4.74. The summed E-state index contributed by atoms with van der Waals surface area (Å²) in [5, 5.41) is 0. The molecule has 1 aliphatic heterocycles. The number of carbonyl (C=O) groups is 1. The van der Waals surface area contributed by atoms with Gasteiger partial charge in [0, 0.05) is 19.5 Å². The first-order chi connectivity index (χ1) is 9.75. The number of fused-ring (bicyclic) bond motifs is 5. The van der Waals surface area contributed by atoms with Gasteiger partial charge >= 0.3 is 0 Å². The second-order valence-corrected chi connectivity index (χ2v) is 5.88. The molecular weight excluding hydrogens is 246 g/mol. The van der Waals surface area contributed by atoms with Crippen LogP contribution in [0.2, 0.25) is 0 Å². The maximum Gasteiger partial charge on any atom is 0.230 e. The van der Waals surface area contributed by atoms with Gasteiger partial charge in [0.2, 0.25) is 5.91 Å². The summed E-state index contributed by atoms with van der Waals surface area (Å²) in [5.41, 5.74) is 5.25. The van der Waals surface area contributed by atoms with Crippen molar-refractivity contribution in [2.75, 3.05) is 13.6 Å². The van der Waals surface area contributed by atoms with E-state index < -0.39 is 0 Å². The normalized spacial score (nSPS) is 23.9. The Bertz CT molecular complexity index is 691. The first-order valence-corrected chi connectivity index (χ1v) is 7.16. The lowest BCUT2D eigenvalue weighted by Gasteiger charge is -2.17. The fourth-order valence-corrected chi connectivity index (χ4v) is 3.79. The first-order valence-electron chi connectivity index (χ1n) is 7.16. The van der Waals surface area contributed by atoms with Crippen molar-refractivity contribution in [3.8, 4) is 0 Å². The maximum absolute atomic E-state index is 12.6. The molecule has 0 N–H and O–H groups in total. The monoisotopic (exact) mass is 263 g/mol. The van der Waals surface area contributed by atoms with Gasteiger partial charge < -0.3 is 4.90 Å². The van der Waals surface area contributed by atoms with E-state index in [2.05, 4.69) is 48.5 Å². The number of benzene rings is 2. The van der Waals surface area contributed by atoms with Gasteiger partial charge in [0.1, 0.15) is 0 Å². The Morgan fingerprint density at radius 2 is 1.55 bits per heavy atom. The number of likely N-dealkylation sites (tertiary alicyclic amines) is 1. The molecule has 0 radical (unpaired) electrons. The Labute approximate surface area is 119 Å². The first kappa shape index (κ1) is 11.7. The lowest BCUT2D eigenvalue weighted by Crippen LogP contribution is -2.22. The third kappa shape index (κ3) is 1.54. The summed E-state index contributed by atoms with van der Waals surface area (Å²) in [6.07, 6.45) is 0.941. The van der Waals surface area contributed by atoms with Crippen LogP contribution in [0.4, 0.5) is 0 Å². The topological polar surface area (TPSA) is 20.3 Å². The van der Waals surface area contributed by atoms with Crippen LogP contribution in [0.15, 0.2) is 48.5 Å². The quantitative estimate of drug-likeness (QED) is 0.715. The molecule has 1 heterocycles. The van der Waals surface area contributed by atoms with Crippen LogP contribution in [-0.4, -0.2) is 24.4 Å². The highest BCUT2D eigenvalue weighted by molar-refractivity contribution is 5.88. The van der Waals surface area contributed by atoms with Crippen LogP contribution in [0.1, 0.15) is 34.1 Å². The number of nitrogens with zero attached hydrogens (tertiary/aromatic N) is 1. The fraction of sp³-hybridized carbons (Fsp3) is 0.278. The second-order valence-electron chi connectivity index (χ2n) is 5.88. The fourth-order valence-electron chi connectivity index (χ4n) is 3.79. The highest BCUT2D eigenvalue weighted by Crippen LogP contribution is 2.45. The Hall–Kier alpha value is -2.09. The molecule has 1 aliphatic carbocycles. The van der Waals surface area contributed by atoms with Crippen LogP contribution in [-0.2, 0) is 11.2 Å². The number of likely N-dealkylation sites (N-methyl/N-ethyl adjacent to an activating group) is 1. The van der Waals surface area contributed by atoms with Crippen molar-refractivity contribution in [3.05, 3.63) is 70.8 Å². The molecule has 2 nitrogen and oxygen atoms in total. The molecule has 0 saturated carbocycles. The minimum atomic E-state index is -0.000139. The molecule has 2 heteroatoms. The molecule has 2 atom stereocenters. The van der Waals surface area contributed by atoms with E-state index in [0.29, 0.717) is 5.92 Å². The molecule has 1 saturated heterocycles. The standard InChI is InChI=1S/C18H17NO/c1-19-11-16-14-8-4-2-6-12(14)10-13-7-3-5-9-15(13)17(16)18(19)20/h2-9,16-17H,10-11H2,1H3/t16-,17+/m0/s1. The Balaban J connectivity index is 1.98. The van der Waals surface area contributed by atoms with Crippen LogP contribution < -0.4 is 0 Å². The van der Waals surface area contributed by atoms with Crippen LogP contribution >= 0.6 is 0 Å². The predicted octanol–water partition coefficient (Wildman–Crippen LogP) is 2.93. The van der Waals surface area contributed by atoms with Gasteiger partial charge in [0.05, 0.1) is 5.92 Å². The van der Waals surface area contributed by atoms with E-state index in [1.807, 2.05) is 11.9 Å². The summed E-state index contributed by atoms with van der Waals surface area (Å²) >= 11 is 0. The van der Waals surface area contributed by atoms with Gasteiger partial charge in [-0.2, -0.15) is 0 Å². The molecule has 4 rings (SSSR count). The minimum Gasteiger partial charge on any atom is -0.345 e. The van der Waals surface area contributed by atoms with E-state index in [1.165, 1.54) is 22.3 Å². The molecule has 0 unspecified atom stereocenters. The van der Waals surface area contributed by atoms with Crippen molar-refractivity contribution < 1.29 is 4.79 Å². The second kappa shape index (κ2) is 4.20. The molecule has 0 aromatic heterocycles. The number of rotatable bonds is 0. The van der Waals surface area contributed by atoms with Crippen LogP contribution in [0.3, 0.4) is 0 Å². The van der Waals surface area contributed by atoms with Crippen LogP contribution in [0.5, 0.6) is 0 Å². The highest BCUT2D eigenvalue weighted by atomic mass is 16.2. The van der Waals surface area contributed by atoms with Gasteiger partial charge in [-0.3, -0.25) is 4.79 Å². The van der Waals surface area contributed by atoms with Gasteiger partial charge in [-0.1, -0.05) is 48.5 Å². The Kier molecular flexibility index (Phi) is 2.46. The van der Waals surface area contributed by atoms with Crippen molar-refractivity contribution in [3.63, 3.8) is 0 Å². The van der Waals surface area contributed by atoms with E-state index in [4.69, 9.17) is 0 Å². The highest BCUT2D eigenvalue weighted by Gasteiger charge is 2.43. The molecule has 2 aromatic carbocycles. The van der Waals surface area contributed by atoms with Gasteiger partial charge in [-0.05, 0) is 28.7 Å². The molecule has 20 heavy (non-hydrogen) atoms. The zero-order chi connectivity index (χ0) is 13.7. The number of amides is 1. The maximum atomic E-state index is 12.6. The van der Waals surface area contributed by atoms with E-state index in [-0.39, 0.29) is 11.8 Å². The molecule has 1 amide bonds. The smallest absolute Gasteiger partial charge is 0.230 e. The third-order valence-corrected chi connectivity index (χ3v) is 4.74. The van der Waals surface area contributed by atoms with E-state index >= 15 is 0 Å². The summed E-state index contributed by atoms with van der Waals surface area (Å²) in [6.45, 7) is 0.828. The Morgan fingerprint density at radius 3 is 2.30 bits per heavy atom. The van der Waals surface area contributed by atoms with E-state index in [9.17, 15) is 4.79 Å². The Morgan fingerprint density at radius 1 is 0.950 bits per heavy atom. The van der Waals surface area contributed by atoms with Crippen molar-refractivity contribution in [1.29, 1.82) is 0 Å². The summed E-state index contributed by atoms with van der Waals surface area (Å²) in [4.78, 5) is 14.5. The average molecular weight is 263 g/mol. The summed E-state index contributed by atoms with van der Waals surface area (Å²) in [5.74, 6) is 0.561.